The van der Waals surface area contributed by atoms with Crippen LogP contribution in [0.25, 0.3) is 0 Å². The average Bonchev–Trinajstić information content (AvgIpc) is 2.72. The first kappa shape index (κ1) is 22.2. The van der Waals surface area contributed by atoms with Crippen LogP contribution in [0, 0.1) is 11.3 Å². The van der Waals surface area contributed by atoms with Crippen LogP contribution in [0.4, 0.5) is 0 Å². The summed E-state index contributed by atoms with van der Waals surface area (Å²) in [7, 11) is -3.72. The molecule has 8 nitrogen and oxygen atoms in total. The number of sulfonamides is 1. The van der Waals surface area contributed by atoms with Crippen molar-refractivity contribution < 1.29 is 27.4 Å². The Bertz CT molecular complexity index is 934. The maximum atomic E-state index is 12.0. The zero-order valence-corrected chi connectivity index (χ0v) is 16.8. The van der Waals surface area contributed by atoms with Crippen molar-refractivity contribution in [3.8, 4) is 17.6 Å². The topological polar surface area (TPSA) is 115 Å². The highest BCUT2D eigenvalue weighted by atomic mass is 32.2. The van der Waals surface area contributed by atoms with E-state index in [0.29, 0.717) is 12.4 Å². The van der Waals surface area contributed by atoms with Crippen molar-refractivity contribution in [2.24, 2.45) is 0 Å². The van der Waals surface area contributed by atoms with Crippen LogP contribution in [0.15, 0.2) is 53.4 Å². The molecule has 0 heterocycles. The van der Waals surface area contributed by atoms with Gasteiger partial charge in [0, 0.05) is 13.0 Å². The van der Waals surface area contributed by atoms with Gasteiger partial charge in [-0.1, -0.05) is 0 Å². The van der Waals surface area contributed by atoms with Crippen molar-refractivity contribution in [2.45, 2.75) is 18.2 Å². The zero-order chi connectivity index (χ0) is 21.1. The maximum absolute atomic E-state index is 12.0. The second-order valence-electron chi connectivity index (χ2n) is 5.72. The van der Waals surface area contributed by atoms with Gasteiger partial charge in [-0.25, -0.2) is 17.9 Å². The number of carbonyl (C=O) groups excluding carboxylic acids is 1. The predicted molar refractivity (Wildman–Crippen MR) is 105 cm³/mol. The lowest BCUT2D eigenvalue weighted by Crippen LogP contribution is -2.24. The molecule has 2 aromatic carbocycles. The van der Waals surface area contributed by atoms with Crippen molar-refractivity contribution in [1.29, 1.82) is 5.26 Å². The van der Waals surface area contributed by atoms with E-state index in [9.17, 15) is 13.2 Å². The Labute approximate surface area is 170 Å². The van der Waals surface area contributed by atoms with Crippen molar-refractivity contribution >= 4 is 16.0 Å². The molecule has 0 radical (unpaired) electrons. The molecule has 2 aromatic rings. The first-order valence-electron chi connectivity index (χ1n) is 8.95. The van der Waals surface area contributed by atoms with Crippen molar-refractivity contribution in [3.05, 3.63) is 54.1 Å². The normalized spacial score (nSPS) is 10.8. The molecular weight excluding hydrogens is 396 g/mol. The minimum atomic E-state index is -3.72. The fourth-order valence-corrected chi connectivity index (χ4v) is 3.30. The second kappa shape index (κ2) is 11.0. The van der Waals surface area contributed by atoms with Crippen LogP contribution in [0.2, 0.25) is 0 Å². The molecule has 9 heteroatoms. The molecule has 2 rings (SSSR count). The van der Waals surface area contributed by atoms with Gasteiger partial charge in [0.05, 0.1) is 23.1 Å². The Morgan fingerprint density at radius 2 is 1.62 bits per heavy atom. The van der Waals surface area contributed by atoms with Gasteiger partial charge in [-0.05, 0) is 55.5 Å². The number of nitrogens with zero attached hydrogens (tertiary/aromatic N) is 1. The Balaban J connectivity index is 1.79. The molecular formula is C20H22N2O6S. The van der Waals surface area contributed by atoms with Crippen LogP contribution in [0.1, 0.15) is 23.7 Å². The molecule has 0 saturated heterocycles. The van der Waals surface area contributed by atoms with Gasteiger partial charge in [0.15, 0.2) is 0 Å². The van der Waals surface area contributed by atoms with Gasteiger partial charge < -0.3 is 14.2 Å². The molecule has 1 N–H and O–H groups in total. The minimum absolute atomic E-state index is 0.00539. The molecule has 0 unspecified atom stereocenters. The van der Waals surface area contributed by atoms with Gasteiger partial charge >= 0.3 is 5.97 Å². The van der Waals surface area contributed by atoms with E-state index in [0.717, 1.165) is 5.75 Å². The summed E-state index contributed by atoms with van der Waals surface area (Å²) in [4.78, 5) is 12.1. The maximum Gasteiger partial charge on any atom is 0.338 e. The van der Waals surface area contributed by atoms with E-state index in [1.165, 1.54) is 24.3 Å². The summed E-state index contributed by atoms with van der Waals surface area (Å²) in [5, 5.41) is 8.47. The van der Waals surface area contributed by atoms with Gasteiger partial charge in [0.2, 0.25) is 10.0 Å². The van der Waals surface area contributed by atoms with E-state index in [1.807, 2.05) is 13.0 Å². The molecule has 29 heavy (non-hydrogen) atoms. The SMILES string of the molecule is CCOc1ccc(OCCOC(=O)c2ccc(S(=O)(=O)NCCC#N)cc2)cc1. The number of benzene rings is 2. The zero-order valence-electron chi connectivity index (χ0n) is 16.0. The van der Waals surface area contributed by atoms with Crippen LogP contribution >= 0.6 is 0 Å². The van der Waals surface area contributed by atoms with Crippen molar-refractivity contribution in [3.63, 3.8) is 0 Å². The van der Waals surface area contributed by atoms with E-state index >= 15 is 0 Å². The third-order valence-electron chi connectivity index (χ3n) is 3.65. The Morgan fingerprint density at radius 1 is 1.00 bits per heavy atom. The molecule has 0 aliphatic rings. The molecule has 0 amide bonds. The number of esters is 1. The van der Waals surface area contributed by atoms with E-state index in [-0.39, 0.29) is 36.6 Å². The van der Waals surface area contributed by atoms with E-state index in [1.54, 1.807) is 24.3 Å². The second-order valence-corrected chi connectivity index (χ2v) is 7.49. The number of rotatable bonds is 11. The number of ether oxygens (including phenoxy) is 3. The van der Waals surface area contributed by atoms with Crippen LogP contribution < -0.4 is 14.2 Å². The Kier molecular flexibility index (Phi) is 8.45. The highest BCUT2D eigenvalue weighted by molar-refractivity contribution is 7.89. The summed E-state index contributed by atoms with van der Waals surface area (Å²) >= 11 is 0. The highest BCUT2D eigenvalue weighted by Gasteiger charge is 2.15. The molecule has 0 spiro atoms. The highest BCUT2D eigenvalue weighted by Crippen LogP contribution is 2.17. The lowest BCUT2D eigenvalue weighted by atomic mass is 10.2. The molecule has 0 atom stereocenters. The Hall–Kier alpha value is -3.09. The summed E-state index contributed by atoms with van der Waals surface area (Å²) in [5.74, 6) is 0.793. The van der Waals surface area contributed by atoms with Crippen LogP contribution in [0.5, 0.6) is 11.5 Å². The third-order valence-corrected chi connectivity index (χ3v) is 5.13. The first-order chi connectivity index (χ1) is 14.0. The smallest absolute Gasteiger partial charge is 0.338 e. The molecule has 0 bridgehead atoms. The monoisotopic (exact) mass is 418 g/mol. The number of nitrogens with one attached hydrogen (secondary N) is 1. The lowest BCUT2D eigenvalue weighted by molar-refractivity contribution is 0.0450. The molecule has 0 fully saturated rings. The van der Waals surface area contributed by atoms with Gasteiger partial charge in [-0.3, -0.25) is 0 Å². The summed E-state index contributed by atoms with van der Waals surface area (Å²) in [6.07, 6.45) is 0.0718. The summed E-state index contributed by atoms with van der Waals surface area (Å²) < 4.78 is 42.3. The first-order valence-corrected chi connectivity index (χ1v) is 10.4. The fourth-order valence-electron chi connectivity index (χ4n) is 2.27. The summed E-state index contributed by atoms with van der Waals surface area (Å²) in [6, 6.07) is 14.3. The number of nitriles is 1. The third kappa shape index (κ3) is 7.10. The standard InChI is InChI=1S/C20H22N2O6S/c1-2-26-17-6-8-18(9-7-17)27-14-15-28-20(23)16-4-10-19(11-5-16)29(24,25)22-13-3-12-21/h4-11,22H,2-3,13-15H2,1H3. The number of hydrogen-bond acceptors (Lipinski definition) is 7. The molecule has 0 aliphatic heterocycles. The quantitative estimate of drug-likeness (QED) is 0.440. The van der Waals surface area contributed by atoms with Crippen LogP contribution in [0.3, 0.4) is 0 Å². The van der Waals surface area contributed by atoms with Gasteiger partial charge in [0.1, 0.15) is 24.7 Å². The molecule has 0 aromatic heterocycles. The average molecular weight is 418 g/mol. The summed E-state index contributed by atoms with van der Waals surface area (Å²) in [6.45, 7) is 2.73. The van der Waals surface area contributed by atoms with Gasteiger partial charge in [0.25, 0.3) is 0 Å². The van der Waals surface area contributed by atoms with E-state index < -0.39 is 16.0 Å². The van der Waals surface area contributed by atoms with E-state index in [4.69, 9.17) is 19.5 Å². The Morgan fingerprint density at radius 3 is 2.21 bits per heavy atom. The lowest BCUT2D eigenvalue weighted by Gasteiger charge is -2.09. The number of hydrogen-bond donors (Lipinski definition) is 1. The predicted octanol–water partition coefficient (Wildman–Crippen LogP) is 2.51. The van der Waals surface area contributed by atoms with Gasteiger partial charge in [-0.2, -0.15) is 5.26 Å². The van der Waals surface area contributed by atoms with Crippen LogP contribution in [-0.2, 0) is 14.8 Å². The van der Waals surface area contributed by atoms with E-state index in [2.05, 4.69) is 4.72 Å². The van der Waals surface area contributed by atoms with Crippen LogP contribution in [-0.4, -0.2) is 40.8 Å². The van der Waals surface area contributed by atoms with Crippen molar-refractivity contribution in [2.75, 3.05) is 26.4 Å². The van der Waals surface area contributed by atoms with Gasteiger partial charge in [-0.15, -0.1) is 0 Å². The summed E-state index contributed by atoms with van der Waals surface area (Å²) in [5.41, 5.74) is 0.224. The molecule has 0 saturated carbocycles. The molecule has 154 valence electrons. The number of carbonyl (C=O) groups is 1. The minimum Gasteiger partial charge on any atom is -0.494 e. The fraction of sp³-hybridized carbons (Fsp3) is 0.300. The largest absolute Gasteiger partial charge is 0.494 e. The molecule has 0 aliphatic carbocycles. The van der Waals surface area contributed by atoms with Crippen molar-refractivity contribution in [1.82, 2.24) is 4.72 Å².